The van der Waals surface area contributed by atoms with Crippen molar-refractivity contribution in [2.45, 2.75) is 0 Å². The summed E-state index contributed by atoms with van der Waals surface area (Å²) in [5.74, 6) is 0.617. The van der Waals surface area contributed by atoms with Crippen molar-refractivity contribution < 1.29 is 9.53 Å². The van der Waals surface area contributed by atoms with Crippen molar-refractivity contribution in [1.82, 2.24) is 15.4 Å². The number of ether oxygens (including phenoxy) is 1. The van der Waals surface area contributed by atoms with E-state index in [0.29, 0.717) is 16.3 Å². The molecule has 1 heterocycles. The van der Waals surface area contributed by atoms with Crippen LogP contribution in [0.2, 0.25) is 5.02 Å². The molecule has 8 heteroatoms. The van der Waals surface area contributed by atoms with Crippen molar-refractivity contribution in [3.63, 3.8) is 0 Å². The van der Waals surface area contributed by atoms with Gasteiger partial charge in [0.2, 0.25) is 5.88 Å². The summed E-state index contributed by atoms with van der Waals surface area (Å²) < 4.78 is 5.92. The van der Waals surface area contributed by atoms with Gasteiger partial charge in [-0.05, 0) is 29.7 Å². The first kappa shape index (κ1) is 18.5. The number of hydrazine groups is 1. The number of carbonyl (C=O) groups is 1. The van der Waals surface area contributed by atoms with Crippen LogP contribution >= 0.6 is 11.6 Å². The molecule has 3 aromatic carbocycles. The first-order valence-corrected chi connectivity index (χ1v) is 9.07. The van der Waals surface area contributed by atoms with Gasteiger partial charge in [0.15, 0.2) is 5.82 Å². The van der Waals surface area contributed by atoms with Crippen LogP contribution in [0.1, 0.15) is 10.4 Å². The van der Waals surface area contributed by atoms with Gasteiger partial charge < -0.3 is 10.5 Å². The number of fused-ring (bicyclic) bond motifs is 1. The van der Waals surface area contributed by atoms with E-state index in [1.54, 1.807) is 24.3 Å². The molecule has 0 saturated carbocycles. The molecule has 29 heavy (non-hydrogen) atoms. The number of hydrogen-bond donors (Lipinski definition) is 3. The minimum absolute atomic E-state index is 0.159. The highest BCUT2D eigenvalue weighted by Gasteiger charge is 2.13. The van der Waals surface area contributed by atoms with Crippen LogP contribution in [0.25, 0.3) is 10.8 Å². The Balaban J connectivity index is 1.54. The fourth-order valence-corrected chi connectivity index (χ4v) is 2.96. The molecule has 1 amide bonds. The minimum Gasteiger partial charge on any atom is -0.436 e. The maximum Gasteiger partial charge on any atom is 0.269 e. The third-order valence-electron chi connectivity index (χ3n) is 4.18. The largest absolute Gasteiger partial charge is 0.436 e. The topological polar surface area (TPSA) is 102 Å². The molecule has 144 valence electrons. The second-order valence-electron chi connectivity index (χ2n) is 6.11. The number of benzene rings is 3. The number of nitrogen functional groups attached to an aromatic ring is 1. The van der Waals surface area contributed by atoms with E-state index in [1.165, 1.54) is 6.33 Å². The lowest BCUT2D eigenvalue weighted by molar-refractivity contribution is 0.0962. The van der Waals surface area contributed by atoms with Gasteiger partial charge in [-0.15, -0.1) is 0 Å². The number of carbonyl (C=O) groups excluding carboxylic acids is 1. The van der Waals surface area contributed by atoms with E-state index < -0.39 is 0 Å². The van der Waals surface area contributed by atoms with E-state index in [0.717, 1.165) is 10.8 Å². The van der Waals surface area contributed by atoms with Crippen molar-refractivity contribution in [2.24, 2.45) is 0 Å². The van der Waals surface area contributed by atoms with E-state index >= 15 is 0 Å². The molecule has 0 spiro atoms. The molecule has 0 aliphatic heterocycles. The van der Waals surface area contributed by atoms with Crippen LogP contribution in [0.15, 0.2) is 73.1 Å². The molecule has 0 atom stereocenters. The Hall–Kier alpha value is -3.84. The molecule has 4 N–H and O–H groups in total. The van der Waals surface area contributed by atoms with Crippen molar-refractivity contribution in [1.29, 1.82) is 0 Å². The SMILES string of the molecule is Nc1c(NNC(=O)c2cccc(Cl)c2)ncnc1Oc1cccc2ccccc12. The summed E-state index contributed by atoms with van der Waals surface area (Å²) in [6.45, 7) is 0. The fraction of sp³-hybridized carbons (Fsp3) is 0. The van der Waals surface area contributed by atoms with Crippen LogP contribution in [0.5, 0.6) is 11.6 Å². The van der Waals surface area contributed by atoms with Crippen molar-refractivity contribution in [2.75, 3.05) is 11.2 Å². The van der Waals surface area contributed by atoms with Gasteiger partial charge in [0.25, 0.3) is 5.91 Å². The molecule has 0 bridgehead atoms. The third-order valence-corrected chi connectivity index (χ3v) is 4.42. The second kappa shape index (κ2) is 8.04. The average Bonchev–Trinajstić information content (AvgIpc) is 2.74. The summed E-state index contributed by atoms with van der Waals surface area (Å²) in [7, 11) is 0. The zero-order chi connectivity index (χ0) is 20.2. The molecule has 0 unspecified atom stereocenters. The van der Waals surface area contributed by atoms with Crippen LogP contribution in [0.3, 0.4) is 0 Å². The number of anilines is 2. The van der Waals surface area contributed by atoms with Crippen LogP contribution in [0, 0.1) is 0 Å². The second-order valence-corrected chi connectivity index (χ2v) is 6.55. The summed E-state index contributed by atoms with van der Waals surface area (Å²) in [5.41, 5.74) is 11.9. The average molecular weight is 406 g/mol. The predicted molar refractivity (Wildman–Crippen MR) is 113 cm³/mol. The first-order chi connectivity index (χ1) is 14.1. The maximum absolute atomic E-state index is 12.3. The van der Waals surface area contributed by atoms with Gasteiger partial charge in [-0.25, -0.2) is 4.98 Å². The summed E-state index contributed by atoms with van der Waals surface area (Å²) in [4.78, 5) is 20.4. The lowest BCUT2D eigenvalue weighted by atomic mass is 10.1. The number of nitrogens with zero attached hydrogens (tertiary/aromatic N) is 2. The van der Waals surface area contributed by atoms with Crippen LogP contribution < -0.4 is 21.3 Å². The lowest BCUT2D eigenvalue weighted by Crippen LogP contribution is -2.30. The van der Waals surface area contributed by atoms with Gasteiger partial charge in [0.05, 0.1) is 0 Å². The molecule has 4 aromatic rings. The first-order valence-electron chi connectivity index (χ1n) is 8.70. The standard InChI is InChI=1S/C21H16ClN5O2/c22-15-8-3-7-14(11-15)20(28)27-26-19-18(23)21(25-12-24-19)29-17-10-4-6-13-5-1-2-9-16(13)17/h1-12H,23H2,(H,27,28)(H,24,25,26). The highest BCUT2D eigenvalue weighted by molar-refractivity contribution is 6.30. The summed E-state index contributed by atoms with van der Waals surface area (Å²) in [6, 6.07) is 20.1. The quantitative estimate of drug-likeness (QED) is 0.425. The van der Waals surface area contributed by atoms with Crippen molar-refractivity contribution in [3.8, 4) is 11.6 Å². The zero-order valence-corrected chi connectivity index (χ0v) is 15.9. The summed E-state index contributed by atoms with van der Waals surface area (Å²) >= 11 is 5.91. The molecule has 0 radical (unpaired) electrons. The molecular formula is C21H16ClN5O2. The Morgan fingerprint density at radius 3 is 2.66 bits per heavy atom. The molecular weight excluding hydrogens is 390 g/mol. The number of aromatic nitrogens is 2. The van der Waals surface area contributed by atoms with Gasteiger partial charge in [0, 0.05) is 16.0 Å². The molecule has 7 nitrogen and oxygen atoms in total. The predicted octanol–water partition coefficient (Wildman–Crippen LogP) is 4.41. The fourth-order valence-electron chi connectivity index (χ4n) is 2.77. The lowest BCUT2D eigenvalue weighted by Gasteiger charge is -2.13. The number of rotatable bonds is 5. The van der Waals surface area contributed by atoms with E-state index in [4.69, 9.17) is 22.1 Å². The number of amides is 1. The minimum atomic E-state index is -0.387. The molecule has 4 rings (SSSR count). The smallest absolute Gasteiger partial charge is 0.269 e. The monoisotopic (exact) mass is 405 g/mol. The highest BCUT2D eigenvalue weighted by atomic mass is 35.5. The molecule has 0 saturated heterocycles. The number of nitrogens with two attached hydrogens (primary N) is 1. The van der Waals surface area contributed by atoms with Gasteiger partial charge in [-0.1, -0.05) is 54.1 Å². The Bertz CT molecular complexity index is 1190. The van der Waals surface area contributed by atoms with Gasteiger partial charge in [-0.3, -0.25) is 15.6 Å². The Morgan fingerprint density at radius 2 is 1.79 bits per heavy atom. The highest BCUT2D eigenvalue weighted by Crippen LogP contribution is 2.33. The molecule has 1 aromatic heterocycles. The van der Waals surface area contributed by atoms with E-state index in [9.17, 15) is 4.79 Å². The normalized spacial score (nSPS) is 10.5. The van der Waals surface area contributed by atoms with Gasteiger partial charge >= 0.3 is 0 Å². The van der Waals surface area contributed by atoms with Crippen LogP contribution in [-0.2, 0) is 0 Å². The van der Waals surface area contributed by atoms with E-state index in [-0.39, 0.29) is 23.3 Å². The van der Waals surface area contributed by atoms with Crippen LogP contribution in [0.4, 0.5) is 11.5 Å². The number of nitrogens with one attached hydrogen (secondary N) is 2. The molecule has 0 aliphatic rings. The summed E-state index contributed by atoms with van der Waals surface area (Å²) in [5, 5.41) is 2.42. The van der Waals surface area contributed by atoms with Crippen molar-refractivity contribution in [3.05, 3.63) is 83.6 Å². The maximum atomic E-state index is 12.3. The Kier molecular flexibility index (Phi) is 5.13. The number of hydrogen-bond acceptors (Lipinski definition) is 6. The van der Waals surface area contributed by atoms with E-state index in [2.05, 4.69) is 20.8 Å². The summed E-state index contributed by atoms with van der Waals surface area (Å²) in [6.07, 6.45) is 1.30. The number of halogens is 1. The Labute approximate surface area is 171 Å². The van der Waals surface area contributed by atoms with Gasteiger partial charge in [0.1, 0.15) is 17.8 Å². The third kappa shape index (κ3) is 4.04. The van der Waals surface area contributed by atoms with Crippen molar-refractivity contribution >= 4 is 39.8 Å². The van der Waals surface area contributed by atoms with E-state index in [1.807, 2.05) is 42.5 Å². The Morgan fingerprint density at radius 1 is 1.00 bits per heavy atom. The molecule has 0 aliphatic carbocycles. The van der Waals surface area contributed by atoms with Crippen LogP contribution in [-0.4, -0.2) is 15.9 Å². The molecule has 0 fully saturated rings. The van der Waals surface area contributed by atoms with Gasteiger partial charge in [-0.2, -0.15) is 4.98 Å². The zero-order valence-electron chi connectivity index (χ0n) is 15.1.